The van der Waals surface area contributed by atoms with Gasteiger partial charge >= 0.3 is 0 Å². The van der Waals surface area contributed by atoms with Crippen molar-refractivity contribution in [3.8, 4) is 6.07 Å². The van der Waals surface area contributed by atoms with Crippen LogP contribution in [0.25, 0.3) is 0 Å². The third-order valence-electron chi connectivity index (χ3n) is 4.35. The molecule has 4 heteroatoms. The van der Waals surface area contributed by atoms with Crippen LogP contribution in [-0.2, 0) is 13.0 Å². The molecular weight excluding hydrogens is 278 g/mol. The summed E-state index contributed by atoms with van der Waals surface area (Å²) >= 11 is 1.61. The van der Waals surface area contributed by atoms with Gasteiger partial charge in [-0.15, -0.1) is 11.3 Å². The van der Waals surface area contributed by atoms with E-state index >= 15 is 0 Å². The molecule has 2 rings (SSSR count). The summed E-state index contributed by atoms with van der Waals surface area (Å²) in [7, 11) is 0. The first-order valence-electron chi connectivity index (χ1n) is 8.28. The second-order valence-corrected chi connectivity index (χ2v) is 7.14. The van der Waals surface area contributed by atoms with Gasteiger partial charge in [0.1, 0.15) is 11.1 Å². The van der Waals surface area contributed by atoms with E-state index in [1.807, 2.05) is 0 Å². The summed E-state index contributed by atoms with van der Waals surface area (Å²) in [4.78, 5) is 3.84. The molecule has 1 aliphatic heterocycles. The lowest BCUT2D eigenvalue weighted by Crippen LogP contribution is -2.30. The van der Waals surface area contributed by atoms with Crippen molar-refractivity contribution >= 4 is 16.3 Å². The van der Waals surface area contributed by atoms with E-state index in [4.69, 9.17) is 11.0 Å². The predicted octanol–water partition coefficient (Wildman–Crippen LogP) is 4.31. The molecule has 0 bridgehead atoms. The average molecular weight is 305 g/mol. The van der Waals surface area contributed by atoms with Crippen molar-refractivity contribution in [1.29, 1.82) is 5.26 Å². The van der Waals surface area contributed by atoms with Crippen LogP contribution >= 0.6 is 11.3 Å². The van der Waals surface area contributed by atoms with E-state index in [1.54, 1.807) is 11.3 Å². The summed E-state index contributed by atoms with van der Waals surface area (Å²) < 4.78 is 0. The minimum absolute atomic E-state index is 0.709. The number of unbranched alkanes of at least 4 members (excludes halogenated alkanes) is 6. The summed E-state index contributed by atoms with van der Waals surface area (Å²) in [5, 5.41) is 9.86. The zero-order valence-corrected chi connectivity index (χ0v) is 14.0. The molecule has 0 spiro atoms. The van der Waals surface area contributed by atoms with Gasteiger partial charge in [-0.2, -0.15) is 5.26 Å². The minimum atomic E-state index is 0.709. The van der Waals surface area contributed by atoms with Crippen molar-refractivity contribution in [2.45, 2.75) is 64.8 Å². The predicted molar refractivity (Wildman–Crippen MR) is 90.4 cm³/mol. The van der Waals surface area contributed by atoms with E-state index in [0.29, 0.717) is 5.00 Å². The van der Waals surface area contributed by atoms with E-state index in [0.717, 1.165) is 25.1 Å². The van der Waals surface area contributed by atoms with Gasteiger partial charge in [-0.3, -0.25) is 4.90 Å². The van der Waals surface area contributed by atoms with Crippen LogP contribution in [0.15, 0.2) is 0 Å². The van der Waals surface area contributed by atoms with Gasteiger partial charge < -0.3 is 5.73 Å². The lowest BCUT2D eigenvalue weighted by atomic mass is 10.0. The first-order chi connectivity index (χ1) is 10.3. The van der Waals surface area contributed by atoms with Crippen LogP contribution in [0, 0.1) is 11.3 Å². The Labute approximate surface area is 132 Å². The molecule has 0 unspecified atom stereocenters. The van der Waals surface area contributed by atoms with Crippen molar-refractivity contribution in [3.05, 3.63) is 16.0 Å². The Kier molecular flexibility index (Phi) is 6.53. The third-order valence-corrected chi connectivity index (χ3v) is 5.40. The molecule has 21 heavy (non-hydrogen) atoms. The zero-order chi connectivity index (χ0) is 15.1. The number of nitriles is 1. The van der Waals surface area contributed by atoms with Crippen molar-refractivity contribution < 1.29 is 0 Å². The van der Waals surface area contributed by atoms with Crippen LogP contribution in [0.2, 0.25) is 0 Å². The second kappa shape index (κ2) is 8.41. The van der Waals surface area contributed by atoms with E-state index in [2.05, 4.69) is 17.9 Å². The Morgan fingerprint density at radius 3 is 2.62 bits per heavy atom. The van der Waals surface area contributed by atoms with Crippen LogP contribution in [0.5, 0.6) is 0 Å². The van der Waals surface area contributed by atoms with Gasteiger partial charge in [-0.05, 0) is 24.9 Å². The van der Waals surface area contributed by atoms with Crippen LogP contribution in [0.3, 0.4) is 0 Å². The molecule has 0 amide bonds. The molecule has 2 N–H and O–H groups in total. The fraction of sp³-hybridized carbons (Fsp3) is 0.706. The monoisotopic (exact) mass is 305 g/mol. The number of nitrogen functional groups attached to an aromatic ring is 1. The molecule has 0 saturated heterocycles. The molecule has 0 aliphatic carbocycles. The summed E-state index contributed by atoms with van der Waals surface area (Å²) in [5.41, 5.74) is 7.89. The third kappa shape index (κ3) is 4.46. The molecule has 1 aromatic rings. The van der Waals surface area contributed by atoms with Gasteiger partial charge in [0.2, 0.25) is 0 Å². The van der Waals surface area contributed by atoms with E-state index < -0.39 is 0 Å². The number of fused-ring (bicyclic) bond motifs is 1. The van der Waals surface area contributed by atoms with Crippen molar-refractivity contribution in [2.24, 2.45) is 0 Å². The number of hydrogen-bond donors (Lipinski definition) is 1. The largest absolute Gasteiger partial charge is 0.389 e. The quantitative estimate of drug-likeness (QED) is 0.728. The standard InChI is InChI=1S/C17H27N3S/c1-2-3-4-5-6-7-8-10-20-11-9-14-15(12-18)17(19)21-16(14)13-20/h2-11,13,19H2,1H3. The van der Waals surface area contributed by atoms with Gasteiger partial charge in [-0.1, -0.05) is 45.4 Å². The van der Waals surface area contributed by atoms with Crippen molar-refractivity contribution in [3.63, 3.8) is 0 Å². The van der Waals surface area contributed by atoms with E-state index in [1.165, 1.54) is 61.9 Å². The van der Waals surface area contributed by atoms with E-state index in [-0.39, 0.29) is 0 Å². The Balaban J connectivity index is 1.69. The number of nitrogens with two attached hydrogens (primary N) is 1. The first-order valence-corrected chi connectivity index (χ1v) is 9.10. The maximum absolute atomic E-state index is 9.15. The van der Waals surface area contributed by atoms with Gasteiger partial charge in [0, 0.05) is 18.0 Å². The van der Waals surface area contributed by atoms with Crippen molar-refractivity contribution in [2.75, 3.05) is 18.8 Å². The number of nitrogens with zero attached hydrogens (tertiary/aromatic N) is 2. The summed E-state index contributed by atoms with van der Waals surface area (Å²) in [6.45, 7) is 5.52. The van der Waals surface area contributed by atoms with Gasteiger partial charge in [-0.25, -0.2) is 0 Å². The number of anilines is 1. The highest BCUT2D eigenvalue weighted by Gasteiger charge is 2.22. The Morgan fingerprint density at radius 2 is 1.90 bits per heavy atom. The lowest BCUT2D eigenvalue weighted by Gasteiger charge is -2.26. The molecule has 0 radical (unpaired) electrons. The smallest absolute Gasteiger partial charge is 0.104 e. The molecule has 0 atom stereocenters. The number of rotatable bonds is 8. The highest BCUT2D eigenvalue weighted by atomic mass is 32.1. The molecular formula is C17H27N3S. The van der Waals surface area contributed by atoms with Gasteiger partial charge in [0.25, 0.3) is 0 Å². The number of thiophene rings is 1. The minimum Gasteiger partial charge on any atom is -0.389 e. The molecule has 0 fully saturated rings. The second-order valence-electron chi connectivity index (χ2n) is 6.00. The Bertz CT molecular complexity index is 487. The van der Waals surface area contributed by atoms with E-state index in [9.17, 15) is 0 Å². The lowest BCUT2D eigenvalue weighted by molar-refractivity contribution is 0.251. The number of hydrogen-bond acceptors (Lipinski definition) is 4. The zero-order valence-electron chi connectivity index (χ0n) is 13.2. The molecule has 2 heterocycles. The highest BCUT2D eigenvalue weighted by Crippen LogP contribution is 2.34. The van der Waals surface area contributed by atoms with Crippen LogP contribution in [-0.4, -0.2) is 18.0 Å². The van der Waals surface area contributed by atoms with Gasteiger partial charge in [0.05, 0.1) is 5.56 Å². The molecule has 0 saturated carbocycles. The molecule has 1 aromatic heterocycles. The molecule has 0 aromatic carbocycles. The fourth-order valence-electron chi connectivity index (χ4n) is 3.08. The van der Waals surface area contributed by atoms with Crippen molar-refractivity contribution in [1.82, 2.24) is 4.90 Å². The maximum atomic E-state index is 9.15. The summed E-state index contributed by atoms with van der Waals surface area (Å²) in [6, 6.07) is 2.26. The van der Waals surface area contributed by atoms with Crippen LogP contribution in [0.1, 0.15) is 67.9 Å². The molecule has 1 aliphatic rings. The summed E-state index contributed by atoms with van der Waals surface area (Å²) in [6.07, 6.45) is 10.5. The fourth-order valence-corrected chi connectivity index (χ4v) is 4.19. The van der Waals surface area contributed by atoms with Gasteiger partial charge in [0.15, 0.2) is 0 Å². The van der Waals surface area contributed by atoms with Crippen LogP contribution < -0.4 is 5.73 Å². The normalized spacial score (nSPS) is 14.9. The summed E-state index contributed by atoms with van der Waals surface area (Å²) in [5.74, 6) is 0. The molecule has 3 nitrogen and oxygen atoms in total. The SMILES string of the molecule is CCCCCCCCCN1CCc2c(sc(N)c2C#N)C1. The maximum Gasteiger partial charge on any atom is 0.104 e. The average Bonchev–Trinajstić information content (AvgIpc) is 2.80. The topological polar surface area (TPSA) is 53.0 Å². The Morgan fingerprint density at radius 1 is 1.19 bits per heavy atom. The highest BCUT2D eigenvalue weighted by molar-refractivity contribution is 7.16. The first kappa shape index (κ1) is 16.3. The molecule has 116 valence electrons. The Hall–Kier alpha value is -1.05. The van der Waals surface area contributed by atoms with Crippen LogP contribution in [0.4, 0.5) is 5.00 Å².